The molecular formula is C16H24N2O3. The number of nitrogens with one attached hydrogen (secondary N) is 1. The van der Waals surface area contributed by atoms with Crippen LogP contribution in [0.15, 0.2) is 18.2 Å². The molecule has 2 rings (SSSR count). The molecule has 5 heteroatoms. The minimum atomic E-state index is 0.0526. The predicted octanol–water partition coefficient (Wildman–Crippen LogP) is 1.31. The Bertz CT molecular complexity index is 490. The lowest BCUT2D eigenvalue weighted by atomic mass is 10.1. The quantitative estimate of drug-likeness (QED) is 0.859. The summed E-state index contributed by atoms with van der Waals surface area (Å²) in [6.07, 6.45) is 1.52. The Kier molecular flexibility index (Phi) is 5.44. The molecule has 1 amide bonds. The van der Waals surface area contributed by atoms with Crippen molar-refractivity contribution in [3.05, 3.63) is 23.8 Å². The fourth-order valence-corrected chi connectivity index (χ4v) is 2.69. The van der Waals surface area contributed by atoms with E-state index in [0.717, 1.165) is 31.6 Å². The van der Waals surface area contributed by atoms with E-state index in [2.05, 4.69) is 17.3 Å². The Labute approximate surface area is 126 Å². The van der Waals surface area contributed by atoms with Gasteiger partial charge in [-0.1, -0.05) is 6.07 Å². The van der Waals surface area contributed by atoms with Gasteiger partial charge in [0.05, 0.1) is 20.6 Å². The number of ether oxygens (including phenoxy) is 2. The predicted molar refractivity (Wildman–Crippen MR) is 81.9 cm³/mol. The number of hydrogen-bond acceptors (Lipinski definition) is 4. The zero-order valence-electron chi connectivity index (χ0n) is 13.0. The molecule has 0 bridgehead atoms. The molecule has 1 N–H and O–H groups in total. The van der Waals surface area contributed by atoms with Gasteiger partial charge in [-0.2, -0.15) is 0 Å². The molecule has 1 atom stereocenters. The largest absolute Gasteiger partial charge is 0.493 e. The number of likely N-dealkylation sites (tertiary alicyclic amines) is 1. The van der Waals surface area contributed by atoms with Crippen molar-refractivity contribution in [2.24, 2.45) is 5.92 Å². The van der Waals surface area contributed by atoms with Gasteiger partial charge in [-0.05, 0) is 43.6 Å². The number of methoxy groups -OCH3 is 2. The van der Waals surface area contributed by atoms with Crippen molar-refractivity contribution in [2.75, 3.05) is 40.9 Å². The number of hydrogen-bond donors (Lipinski definition) is 1. The average molecular weight is 292 g/mol. The third kappa shape index (κ3) is 4.36. The van der Waals surface area contributed by atoms with Crippen LogP contribution in [0.25, 0.3) is 0 Å². The van der Waals surface area contributed by atoms with Crippen LogP contribution >= 0.6 is 0 Å². The van der Waals surface area contributed by atoms with E-state index < -0.39 is 0 Å². The second kappa shape index (κ2) is 7.31. The summed E-state index contributed by atoms with van der Waals surface area (Å²) in [7, 11) is 5.31. The normalized spacial score (nSPS) is 18.5. The number of carbonyl (C=O) groups is 1. The van der Waals surface area contributed by atoms with Crippen molar-refractivity contribution in [3.63, 3.8) is 0 Å². The van der Waals surface area contributed by atoms with Gasteiger partial charge in [0.15, 0.2) is 11.5 Å². The van der Waals surface area contributed by atoms with E-state index >= 15 is 0 Å². The van der Waals surface area contributed by atoms with E-state index in [1.165, 1.54) is 0 Å². The topological polar surface area (TPSA) is 50.8 Å². The van der Waals surface area contributed by atoms with E-state index in [9.17, 15) is 4.79 Å². The van der Waals surface area contributed by atoms with Crippen molar-refractivity contribution in [3.8, 4) is 11.5 Å². The summed E-state index contributed by atoms with van der Waals surface area (Å²) in [5.74, 6) is 1.96. The van der Waals surface area contributed by atoms with Gasteiger partial charge in [0.25, 0.3) is 0 Å². The van der Waals surface area contributed by atoms with Crippen LogP contribution in [-0.2, 0) is 11.2 Å². The van der Waals surface area contributed by atoms with E-state index in [0.29, 0.717) is 23.8 Å². The molecule has 0 aromatic heterocycles. The van der Waals surface area contributed by atoms with Gasteiger partial charge in [-0.3, -0.25) is 4.79 Å². The van der Waals surface area contributed by atoms with Gasteiger partial charge >= 0.3 is 0 Å². The molecule has 116 valence electrons. The monoisotopic (exact) mass is 292 g/mol. The Morgan fingerprint density at radius 1 is 1.33 bits per heavy atom. The van der Waals surface area contributed by atoms with Crippen LogP contribution in [0.1, 0.15) is 12.0 Å². The van der Waals surface area contributed by atoms with Crippen molar-refractivity contribution in [1.82, 2.24) is 10.2 Å². The summed E-state index contributed by atoms with van der Waals surface area (Å²) in [6, 6.07) is 5.57. The maximum Gasteiger partial charge on any atom is 0.224 e. The fourth-order valence-electron chi connectivity index (χ4n) is 2.69. The molecule has 0 aliphatic carbocycles. The van der Waals surface area contributed by atoms with Crippen LogP contribution in [-0.4, -0.2) is 51.7 Å². The van der Waals surface area contributed by atoms with E-state index in [-0.39, 0.29) is 5.91 Å². The van der Waals surface area contributed by atoms with Crippen LogP contribution in [0.4, 0.5) is 0 Å². The van der Waals surface area contributed by atoms with Gasteiger partial charge in [-0.15, -0.1) is 0 Å². The number of nitrogens with zero attached hydrogens (tertiary/aromatic N) is 1. The lowest BCUT2D eigenvalue weighted by Crippen LogP contribution is -2.31. The first kappa shape index (κ1) is 15.6. The zero-order chi connectivity index (χ0) is 15.2. The summed E-state index contributed by atoms with van der Waals surface area (Å²) in [5.41, 5.74) is 0.925. The zero-order valence-corrected chi connectivity index (χ0v) is 13.0. The molecule has 0 radical (unpaired) electrons. The molecule has 1 heterocycles. The summed E-state index contributed by atoms with van der Waals surface area (Å²) >= 11 is 0. The Hall–Kier alpha value is -1.75. The van der Waals surface area contributed by atoms with E-state index in [4.69, 9.17) is 9.47 Å². The molecule has 1 aromatic rings. The minimum Gasteiger partial charge on any atom is -0.493 e. The maximum absolute atomic E-state index is 12.0. The Balaban J connectivity index is 1.84. The molecule has 21 heavy (non-hydrogen) atoms. The number of carbonyl (C=O) groups excluding carboxylic acids is 1. The van der Waals surface area contributed by atoms with Crippen molar-refractivity contribution >= 4 is 5.91 Å². The van der Waals surface area contributed by atoms with Gasteiger partial charge in [-0.25, -0.2) is 0 Å². The minimum absolute atomic E-state index is 0.0526. The SMILES string of the molecule is COc1ccc(CC(=O)NCC2CCN(C)C2)cc1OC. The van der Waals surface area contributed by atoms with Gasteiger partial charge in [0, 0.05) is 13.1 Å². The molecule has 1 fully saturated rings. The second-order valence-electron chi connectivity index (χ2n) is 5.59. The standard InChI is InChI=1S/C16H24N2O3/c1-18-7-6-13(11-18)10-17-16(19)9-12-4-5-14(20-2)15(8-12)21-3/h4-5,8,13H,6-7,9-11H2,1-3H3,(H,17,19). The highest BCUT2D eigenvalue weighted by molar-refractivity contribution is 5.78. The summed E-state index contributed by atoms with van der Waals surface area (Å²) in [4.78, 5) is 14.3. The van der Waals surface area contributed by atoms with Crippen LogP contribution in [0.2, 0.25) is 0 Å². The first-order valence-corrected chi connectivity index (χ1v) is 7.28. The smallest absolute Gasteiger partial charge is 0.224 e. The maximum atomic E-state index is 12.0. The average Bonchev–Trinajstić information content (AvgIpc) is 2.90. The van der Waals surface area contributed by atoms with Crippen molar-refractivity contribution in [2.45, 2.75) is 12.8 Å². The highest BCUT2D eigenvalue weighted by Gasteiger charge is 2.19. The lowest BCUT2D eigenvalue weighted by molar-refractivity contribution is -0.120. The van der Waals surface area contributed by atoms with Gasteiger partial charge in [0.2, 0.25) is 5.91 Å². The summed E-state index contributed by atoms with van der Waals surface area (Å²) in [6.45, 7) is 2.95. The van der Waals surface area contributed by atoms with Crippen molar-refractivity contribution < 1.29 is 14.3 Å². The van der Waals surface area contributed by atoms with Crippen LogP contribution in [0.5, 0.6) is 11.5 Å². The Morgan fingerprint density at radius 3 is 2.71 bits per heavy atom. The number of benzene rings is 1. The number of amides is 1. The van der Waals surface area contributed by atoms with E-state index in [1.54, 1.807) is 14.2 Å². The van der Waals surface area contributed by atoms with Gasteiger partial charge < -0.3 is 19.7 Å². The highest BCUT2D eigenvalue weighted by Crippen LogP contribution is 2.27. The molecular weight excluding hydrogens is 268 g/mol. The third-order valence-electron chi connectivity index (χ3n) is 3.89. The molecule has 1 saturated heterocycles. The van der Waals surface area contributed by atoms with Crippen LogP contribution in [0.3, 0.4) is 0 Å². The summed E-state index contributed by atoms with van der Waals surface area (Å²) < 4.78 is 10.4. The molecule has 1 aromatic carbocycles. The molecule has 0 spiro atoms. The van der Waals surface area contributed by atoms with E-state index in [1.807, 2.05) is 18.2 Å². The molecule has 5 nitrogen and oxygen atoms in total. The molecule has 1 unspecified atom stereocenters. The molecule has 1 aliphatic rings. The van der Waals surface area contributed by atoms with Crippen LogP contribution in [0, 0.1) is 5.92 Å². The first-order chi connectivity index (χ1) is 10.1. The molecule has 1 aliphatic heterocycles. The third-order valence-corrected chi connectivity index (χ3v) is 3.89. The van der Waals surface area contributed by atoms with Crippen molar-refractivity contribution in [1.29, 1.82) is 0 Å². The Morgan fingerprint density at radius 2 is 2.10 bits per heavy atom. The lowest BCUT2D eigenvalue weighted by Gasteiger charge is -2.12. The molecule has 0 saturated carbocycles. The highest BCUT2D eigenvalue weighted by atomic mass is 16.5. The van der Waals surface area contributed by atoms with Gasteiger partial charge in [0.1, 0.15) is 0 Å². The fraction of sp³-hybridized carbons (Fsp3) is 0.562. The second-order valence-corrected chi connectivity index (χ2v) is 5.59. The number of rotatable bonds is 6. The van der Waals surface area contributed by atoms with Crippen LogP contribution < -0.4 is 14.8 Å². The summed E-state index contributed by atoms with van der Waals surface area (Å²) in [5, 5.41) is 3.02. The first-order valence-electron chi connectivity index (χ1n) is 7.28.